The summed E-state index contributed by atoms with van der Waals surface area (Å²) in [5.74, 6) is 0.547. The van der Waals surface area contributed by atoms with Crippen LogP contribution in [-0.4, -0.2) is 21.6 Å². The minimum atomic E-state index is -0.271. The monoisotopic (exact) mass is 471 g/mol. The van der Waals surface area contributed by atoms with Crippen molar-refractivity contribution in [3.8, 4) is 33.8 Å². The highest BCUT2D eigenvalue weighted by molar-refractivity contribution is 7.71. The Bertz CT molecular complexity index is 1590. The molecule has 5 rings (SSSR count). The lowest BCUT2D eigenvalue weighted by molar-refractivity contribution is 0.412. The van der Waals surface area contributed by atoms with Crippen molar-refractivity contribution >= 4 is 34.9 Å². The molecule has 0 aliphatic heterocycles. The molecule has 0 fully saturated rings. The average Bonchev–Trinajstić information content (AvgIpc) is 2.84. The third-order valence-corrected chi connectivity index (χ3v) is 5.95. The number of nitrogens with one attached hydrogen (secondary N) is 1. The molecule has 0 aliphatic carbocycles. The van der Waals surface area contributed by atoms with Crippen LogP contribution in [-0.2, 0) is 0 Å². The predicted molar refractivity (Wildman–Crippen MR) is 135 cm³/mol. The fourth-order valence-corrected chi connectivity index (χ4v) is 4.26. The minimum Gasteiger partial charge on any atom is -0.495 e. The topological polar surface area (TPSA) is 59.9 Å². The van der Waals surface area contributed by atoms with Crippen LogP contribution in [0.25, 0.3) is 39.1 Å². The molecule has 0 radical (unpaired) electrons. The van der Waals surface area contributed by atoms with Gasteiger partial charge in [0.1, 0.15) is 11.4 Å². The summed E-state index contributed by atoms with van der Waals surface area (Å²) in [4.78, 5) is 21.8. The minimum absolute atomic E-state index is 0.233. The van der Waals surface area contributed by atoms with E-state index in [9.17, 15) is 4.79 Å². The van der Waals surface area contributed by atoms with Gasteiger partial charge < -0.3 is 9.72 Å². The summed E-state index contributed by atoms with van der Waals surface area (Å²) in [5, 5.41) is 1.08. The van der Waals surface area contributed by atoms with Crippen molar-refractivity contribution in [3.63, 3.8) is 0 Å². The van der Waals surface area contributed by atoms with Crippen molar-refractivity contribution in [3.05, 3.63) is 105 Å². The van der Waals surface area contributed by atoms with Crippen molar-refractivity contribution in [1.29, 1.82) is 0 Å². The summed E-state index contributed by atoms with van der Waals surface area (Å²) in [5.41, 5.74) is 3.95. The summed E-state index contributed by atoms with van der Waals surface area (Å²) in [6, 6.07) is 26.4. The molecule has 2 heterocycles. The van der Waals surface area contributed by atoms with Crippen LogP contribution in [0.2, 0.25) is 5.02 Å². The molecule has 1 N–H and O–H groups in total. The van der Waals surface area contributed by atoms with E-state index in [1.165, 1.54) is 4.57 Å². The van der Waals surface area contributed by atoms with E-state index < -0.39 is 0 Å². The molecule has 5 nitrogen and oxygen atoms in total. The van der Waals surface area contributed by atoms with Gasteiger partial charge in [0.25, 0.3) is 5.56 Å². The molecule has 0 amide bonds. The molecule has 5 aromatic rings. The van der Waals surface area contributed by atoms with Crippen LogP contribution in [0.3, 0.4) is 0 Å². The Morgan fingerprint density at radius 2 is 1.64 bits per heavy atom. The first-order valence-corrected chi connectivity index (χ1v) is 11.0. The van der Waals surface area contributed by atoms with Crippen molar-refractivity contribution in [2.75, 3.05) is 7.11 Å². The number of para-hydroxylation sites is 2. The number of halogens is 1. The summed E-state index contributed by atoms with van der Waals surface area (Å²) in [6.07, 6.45) is 0. The van der Waals surface area contributed by atoms with Crippen LogP contribution in [0.1, 0.15) is 0 Å². The van der Waals surface area contributed by atoms with Gasteiger partial charge in [-0.3, -0.25) is 4.79 Å². The highest BCUT2D eigenvalue weighted by atomic mass is 35.5. The van der Waals surface area contributed by atoms with Crippen LogP contribution in [0, 0.1) is 4.77 Å². The van der Waals surface area contributed by atoms with Gasteiger partial charge in [-0.2, -0.15) is 0 Å². The molecule has 0 atom stereocenters. The van der Waals surface area contributed by atoms with E-state index in [0.717, 1.165) is 16.7 Å². The van der Waals surface area contributed by atoms with Gasteiger partial charge in [0.05, 0.1) is 23.9 Å². The van der Waals surface area contributed by atoms with E-state index in [0.29, 0.717) is 33.2 Å². The molecule has 2 aromatic heterocycles. The lowest BCUT2D eigenvalue weighted by Crippen LogP contribution is -2.22. The number of benzene rings is 3. The SMILES string of the molecule is COc1ccccc1-n1c(=S)[nH]c2nc(-c3ccc(Cl)cc3)cc(-c3ccccc3)c2c1=O. The number of hydrogen-bond acceptors (Lipinski definition) is 4. The van der Waals surface area contributed by atoms with Crippen molar-refractivity contribution < 1.29 is 4.74 Å². The zero-order valence-electron chi connectivity index (χ0n) is 17.6. The maximum absolute atomic E-state index is 13.9. The first-order chi connectivity index (χ1) is 16.1. The zero-order chi connectivity index (χ0) is 22.9. The molecule has 0 aliphatic rings. The van der Waals surface area contributed by atoms with E-state index >= 15 is 0 Å². The van der Waals surface area contributed by atoms with Gasteiger partial charge in [0.15, 0.2) is 4.77 Å². The molecule has 33 heavy (non-hydrogen) atoms. The van der Waals surface area contributed by atoms with Crippen molar-refractivity contribution in [2.45, 2.75) is 0 Å². The Labute approximate surface area is 199 Å². The van der Waals surface area contributed by atoms with Crippen LogP contribution in [0.15, 0.2) is 89.7 Å². The number of hydrogen-bond donors (Lipinski definition) is 1. The number of aromatic nitrogens is 3. The predicted octanol–water partition coefficient (Wildman–Crippen LogP) is 6.44. The first-order valence-electron chi connectivity index (χ1n) is 10.2. The molecular formula is C26H18ClN3O2S. The molecule has 0 unspecified atom stereocenters. The lowest BCUT2D eigenvalue weighted by Gasteiger charge is -2.14. The normalized spacial score (nSPS) is 11.0. The summed E-state index contributed by atoms with van der Waals surface area (Å²) in [6.45, 7) is 0. The smallest absolute Gasteiger partial charge is 0.269 e. The van der Waals surface area contributed by atoms with Gasteiger partial charge in [-0.25, -0.2) is 9.55 Å². The molecular weight excluding hydrogens is 454 g/mol. The first kappa shape index (κ1) is 21.1. The number of nitrogens with zero attached hydrogens (tertiary/aromatic N) is 2. The average molecular weight is 472 g/mol. The third kappa shape index (κ3) is 3.84. The number of pyridine rings is 1. The molecule has 3 aromatic carbocycles. The van der Waals surface area contributed by atoms with E-state index in [2.05, 4.69) is 4.98 Å². The number of ether oxygens (including phenoxy) is 1. The Kier molecular flexibility index (Phi) is 5.54. The number of H-pyrrole nitrogens is 1. The van der Waals surface area contributed by atoms with Gasteiger partial charge in [0, 0.05) is 16.1 Å². The van der Waals surface area contributed by atoms with Crippen molar-refractivity contribution in [2.24, 2.45) is 0 Å². The Morgan fingerprint density at radius 1 is 0.939 bits per heavy atom. The highest BCUT2D eigenvalue weighted by Crippen LogP contribution is 2.31. The lowest BCUT2D eigenvalue weighted by atomic mass is 10.00. The maximum Gasteiger partial charge on any atom is 0.269 e. The highest BCUT2D eigenvalue weighted by Gasteiger charge is 2.18. The number of rotatable bonds is 4. The number of aromatic amines is 1. The fraction of sp³-hybridized carbons (Fsp3) is 0.0385. The standard InChI is InChI=1S/C26H18ClN3O2S/c1-32-22-10-6-5-9-21(22)30-25(31)23-19(16-7-3-2-4-8-16)15-20(28-24(23)29-26(30)33)17-11-13-18(27)14-12-17/h2-15H,1H3,(H,28,29,33). The third-order valence-electron chi connectivity index (χ3n) is 5.42. The molecule has 162 valence electrons. The van der Waals surface area contributed by atoms with E-state index in [-0.39, 0.29) is 10.3 Å². The van der Waals surface area contributed by atoms with Gasteiger partial charge in [-0.1, -0.05) is 66.2 Å². The molecule has 0 saturated carbocycles. The molecule has 0 bridgehead atoms. The Hall–Kier alpha value is -3.74. The largest absolute Gasteiger partial charge is 0.495 e. The Balaban J connectivity index is 1.88. The molecule has 7 heteroatoms. The van der Waals surface area contributed by atoms with Crippen LogP contribution in [0.4, 0.5) is 0 Å². The van der Waals surface area contributed by atoms with Crippen LogP contribution >= 0.6 is 23.8 Å². The molecule has 0 spiro atoms. The van der Waals surface area contributed by atoms with E-state index in [4.69, 9.17) is 33.5 Å². The van der Waals surface area contributed by atoms with Crippen LogP contribution < -0.4 is 10.3 Å². The van der Waals surface area contributed by atoms with Crippen LogP contribution in [0.5, 0.6) is 5.75 Å². The number of methoxy groups -OCH3 is 1. The van der Waals surface area contributed by atoms with Gasteiger partial charge in [-0.15, -0.1) is 0 Å². The fourth-order valence-electron chi connectivity index (χ4n) is 3.86. The molecule has 0 saturated heterocycles. The van der Waals surface area contributed by atoms with Gasteiger partial charge >= 0.3 is 0 Å². The van der Waals surface area contributed by atoms with E-state index in [1.54, 1.807) is 19.2 Å². The quantitative estimate of drug-likeness (QED) is 0.306. The second-order valence-electron chi connectivity index (χ2n) is 7.39. The summed E-state index contributed by atoms with van der Waals surface area (Å²) >= 11 is 11.7. The summed E-state index contributed by atoms with van der Waals surface area (Å²) in [7, 11) is 1.56. The van der Waals surface area contributed by atoms with Gasteiger partial charge in [0.2, 0.25) is 0 Å². The van der Waals surface area contributed by atoms with E-state index in [1.807, 2.05) is 72.8 Å². The summed E-state index contributed by atoms with van der Waals surface area (Å²) < 4.78 is 7.16. The number of fused-ring (bicyclic) bond motifs is 1. The van der Waals surface area contributed by atoms with Gasteiger partial charge in [-0.05, 0) is 48.1 Å². The second-order valence-corrected chi connectivity index (χ2v) is 8.22. The Morgan fingerprint density at radius 3 is 2.36 bits per heavy atom. The zero-order valence-corrected chi connectivity index (χ0v) is 19.2. The maximum atomic E-state index is 13.9. The second kappa shape index (κ2) is 8.65. The van der Waals surface area contributed by atoms with Crippen molar-refractivity contribution in [1.82, 2.24) is 14.5 Å².